The Bertz CT molecular complexity index is 506. The zero-order chi connectivity index (χ0) is 12.4. The normalized spacial score (nSPS) is 10.6. The fourth-order valence-electron chi connectivity index (χ4n) is 2.12. The van der Waals surface area contributed by atoms with Crippen LogP contribution >= 0.6 is 11.3 Å². The van der Waals surface area contributed by atoms with Crippen molar-refractivity contribution in [1.29, 1.82) is 0 Å². The van der Waals surface area contributed by atoms with Gasteiger partial charge in [-0.25, -0.2) is 4.98 Å². The fourth-order valence-corrected chi connectivity index (χ4v) is 2.86. The number of aryl methyl sites for hydroxylation is 4. The van der Waals surface area contributed by atoms with E-state index < -0.39 is 0 Å². The SMILES string of the molecule is Cc1cc(C)c(NCc2cnc(C)s2)c(C)c1. The predicted octanol–water partition coefficient (Wildman–Crippen LogP) is 3.99. The molecule has 1 aromatic carbocycles. The van der Waals surface area contributed by atoms with Crippen molar-refractivity contribution in [3.05, 3.63) is 44.9 Å². The number of nitrogens with one attached hydrogen (secondary N) is 1. The molecule has 1 N–H and O–H groups in total. The van der Waals surface area contributed by atoms with Crippen molar-refractivity contribution in [1.82, 2.24) is 4.98 Å². The molecule has 0 bridgehead atoms. The molecule has 0 radical (unpaired) electrons. The minimum absolute atomic E-state index is 0.857. The summed E-state index contributed by atoms with van der Waals surface area (Å²) in [7, 11) is 0. The standard InChI is InChI=1S/C14H18N2S/c1-9-5-10(2)14(11(3)6-9)16-8-13-7-15-12(4)17-13/h5-7,16H,8H2,1-4H3. The third-order valence-corrected chi connectivity index (χ3v) is 3.70. The van der Waals surface area contributed by atoms with Crippen LogP contribution in [0.25, 0.3) is 0 Å². The van der Waals surface area contributed by atoms with Crippen LogP contribution in [0.1, 0.15) is 26.6 Å². The van der Waals surface area contributed by atoms with Gasteiger partial charge >= 0.3 is 0 Å². The molecule has 0 spiro atoms. The summed E-state index contributed by atoms with van der Waals surface area (Å²) < 4.78 is 0. The molecule has 0 unspecified atom stereocenters. The number of anilines is 1. The number of thiazole rings is 1. The largest absolute Gasteiger partial charge is 0.380 e. The van der Waals surface area contributed by atoms with Crippen LogP contribution < -0.4 is 5.32 Å². The first-order valence-electron chi connectivity index (χ1n) is 5.79. The Hall–Kier alpha value is -1.35. The lowest BCUT2D eigenvalue weighted by molar-refractivity contribution is 1.14. The van der Waals surface area contributed by atoms with Crippen LogP contribution in [0.3, 0.4) is 0 Å². The van der Waals surface area contributed by atoms with E-state index in [1.807, 2.05) is 13.1 Å². The van der Waals surface area contributed by atoms with E-state index in [1.54, 1.807) is 11.3 Å². The molecule has 2 aromatic rings. The van der Waals surface area contributed by atoms with Crippen molar-refractivity contribution in [2.45, 2.75) is 34.2 Å². The number of hydrogen-bond donors (Lipinski definition) is 1. The molecule has 1 aromatic heterocycles. The molecule has 0 aliphatic carbocycles. The summed E-state index contributed by atoms with van der Waals surface area (Å²) in [6, 6.07) is 4.43. The minimum Gasteiger partial charge on any atom is -0.380 e. The third kappa shape index (κ3) is 2.86. The molecule has 0 aliphatic heterocycles. The molecular formula is C14H18N2S. The summed E-state index contributed by atoms with van der Waals surface area (Å²) in [6.07, 6.45) is 1.95. The lowest BCUT2D eigenvalue weighted by atomic mass is 10.1. The van der Waals surface area contributed by atoms with Crippen LogP contribution in [-0.4, -0.2) is 4.98 Å². The molecule has 0 saturated heterocycles. The zero-order valence-corrected chi connectivity index (χ0v) is 11.6. The Balaban J connectivity index is 2.14. The highest BCUT2D eigenvalue weighted by Gasteiger charge is 2.04. The monoisotopic (exact) mass is 246 g/mol. The molecular weight excluding hydrogens is 228 g/mol. The quantitative estimate of drug-likeness (QED) is 0.885. The van der Waals surface area contributed by atoms with Gasteiger partial charge < -0.3 is 5.32 Å². The molecule has 90 valence electrons. The van der Waals surface area contributed by atoms with E-state index >= 15 is 0 Å². The first kappa shape index (κ1) is 12.1. The number of nitrogens with zero attached hydrogens (tertiary/aromatic N) is 1. The first-order valence-corrected chi connectivity index (χ1v) is 6.61. The molecule has 0 atom stereocenters. The van der Waals surface area contributed by atoms with Crippen LogP contribution in [0.15, 0.2) is 18.3 Å². The average molecular weight is 246 g/mol. The third-order valence-electron chi connectivity index (χ3n) is 2.79. The summed E-state index contributed by atoms with van der Waals surface area (Å²) in [5, 5.41) is 4.63. The summed E-state index contributed by atoms with van der Waals surface area (Å²) in [4.78, 5) is 5.55. The van der Waals surface area contributed by atoms with Gasteiger partial charge in [0, 0.05) is 16.8 Å². The van der Waals surface area contributed by atoms with Gasteiger partial charge in [0.25, 0.3) is 0 Å². The minimum atomic E-state index is 0.857. The highest BCUT2D eigenvalue weighted by Crippen LogP contribution is 2.23. The predicted molar refractivity (Wildman–Crippen MR) is 74.8 cm³/mol. The van der Waals surface area contributed by atoms with Gasteiger partial charge in [0.1, 0.15) is 0 Å². The van der Waals surface area contributed by atoms with E-state index in [-0.39, 0.29) is 0 Å². The highest BCUT2D eigenvalue weighted by molar-refractivity contribution is 7.11. The van der Waals surface area contributed by atoms with Gasteiger partial charge in [0.05, 0.1) is 11.6 Å². The second-order valence-electron chi connectivity index (χ2n) is 4.47. The second-order valence-corrected chi connectivity index (χ2v) is 5.79. The van der Waals surface area contributed by atoms with Crippen molar-refractivity contribution in [2.75, 3.05) is 5.32 Å². The van der Waals surface area contributed by atoms with Crippen molar-refractivity contribution in [3.8, 4) is 0 Å². The number of aromatic nitrogens is 1. The van der Waals surface area contributed by atoms with Crippen molar-refractivity contribution in [2.24, 2.45) is 0 Å². The summed E-state index contributed by atoms with van der Waals surface area (Å²) in [5.41, 5.74) is 5.19. The Labute approximate surface area is 107 Å². The zero-order valence-electron chi connectivity index (χ0n) is 10.8. The van der Waals surface area contributed by atoms with Gasteiger partial charge in [-0.2, -0.15) is 0 Å². The Morgan fingerprint density at radius 1 is 1.12 bits per heavy atom. The molecule has 2 nitrogen and oxygen atoms in total. The number of rotatable bonds is 3. The van der Waals surface area contributed by atoms with Gasteiger partial charge in [-0.05, 0) is 38.8 Å². The Kier molecular flexibility index (Phi) is 3.48. The molecule has 1 heterocycles. The molecule has 3 heteroatoms. The Morgan fingerprint density at radius 3 is 2.29 bits per heavy atom. The van der Waals surface area contributed by atoms with Gasteiger partial charge in [-0.3, -0.25) is 0 Å². The average Bonchev–Trinajstić information content (AvgIpc) is 2.62. The van der Waals surface area contributed by atoms with Crippen LogP contribution in [0, 0.1) is 27.7 Å². The lowest BCUT2D eigenvalue weighted by Gasteiger charge is -2.12. The summed E-state index contributed by atoms with van der Waals surface area (Å²) >= 11 is 1.75. The van der Waals surface area contributed by atoms with Crippen molar-refractivity contribution >= 4 is 17.0 Å². The van der Waals surface area contributed by atoms with Gasteiger partial charge in [-0.1, -0.05) is 17.7 Å². The number of benzene rings is 1. The molecule has 0 amide bonds. The van der Waals surface area contributed by atoms with E-state index in [2.05, 4.69) is 43.2 Å². The maximum Gasteiger partial charge on any atom is 0.0897 e. The highest BCUT2D eigenvalue weighted by atomic mass is 32.1. The van der Waals surface area contributed by atoms with E-state index in [0.717, 1.165) is 11.6 Å². The van der Waals surface area contributed by atoms with Crippen molar-refractivity contribution < 1.29 is 0 Å². The van der Waals surface area contributed by atoms with Gasteiger partial charge in [-0.15, -0.1) is 11.3 Å². The smallest absolute Gasteiger partial charge is 0.0897 e. The molecule has 17 heavy (non-hydrogen) atoms. The van der Waals surface area contributed by atoms with E-state index in [1.165, 1.54) is 27.3 Å². The molecule has 2 rings (SSSR count). The maximum atomic E-state index is 4.27. The van der Waals surface area contributed by atoms with Crippen LogP contribution in [0.5, 0.6) is 0 Å². The molecule has 0 fully saturated rings. The second kappa shape index (κ2) is 4.88. The van der Waals surface area contributed by atoms with Crippen LogP contribution in [-0.2, 0) is 6.54 Å². The summed E-state index contributed by atoms with van der Waals surface area (Å²) in [5.74, 6) is 0. The van der Waals surface area contributed by atoms with Gasteiger partial charge in [0.2, 0.25) is 0 Å². The summed E-state index contributed by atoms with van der Waals surface area (Å²) in [6.45, 7) is 9.34. The molecule has 0 aliphatic rings. The van der Waals surface area contributed by atoms with Crippen LogP contribution in [0.2, 0.25) is 0 Å². The van der Waals surface area contributed by atoms with Crippen LogP contribution in [0.4, 0.5) is 5.69 Å². The van der Waals surface area contributed by atoms with E-state index in [4.69, 9.17) is 0 Å². The fraction of sp³-hybridized carbons (Fsp3) is 0.357. The maximum absolute atomic E-state index is 4.27. The van der Waals surface area contributed by atoms with Gasteiger partial charge in [0.15, 0.2) is 0 Å². The molecule has 0 saturated carbocycles. The Morgan fingerprint density at radius 2 is 1.76 bits per heavy atom. The van der Waals surface area contributed by atoms with Crippen molar-refractivity contribution in [3.63, 3.8) is 0 Å². The van der Waals surface area contributed by atoms with E-state index in [0.29, 0.717) is 0 Å². The van der Waals surface area contributed by atoms with E-state index in [9.17, 15) is 0 Å². The first-order chi connectivity index (χ1) is 8.06. The number of hydrogen-bond acceptors (Lipinski definition) is 3. The lowest BCUT2D eigenvalue weighted by Crippen LogP contribution is -2.02. The topological polar surface area (TPSA) is 24.9 Å².